The minimum atomic E-state index is -4.18. The number of amides is 1. The van der Waals surface area contributed by atoms with Crippen molar-refractivity contribution in [1.29, 1.82) is 0 Å². The van der Waals surface area contributed by atoms with Gasteiger partial charge < -0.3 is 15.5 Å². The van der Waals surface area contributed by atoms with E-state index >= 15 is 0 Å². The molecule has 10 heteroatoms. The molecule has 0 radical (unpaired) electrons. The number of nitrogens with zero attached hydrogens (tertiary/aromatic N) is 4. The molecule has 34 heavy (non-hydrogen) atoms. The van der Waals surface area contributed by atoms with Gasteiger partial charge in [0.1, 0.15) is 5.82 Å². The topological polar surface area (TPSA) is 73.4 Å². The van der Waals surface area contributed by atoms with Crippen LogP contribution in [-0.4, -0.2) is 71.1 Å². The molecule has 0 bridgehead atoms. The van der Waals surface area contributed by atoms with Gasteiger partial charge >= 0.3 is 6.18 Å². The standard InChI is InChI=1S/C24H31F3N6O/c1-17-15-29-23(31-22(17)28-9-3-11-33-10-2-4-21(33)34)30-20-6-5-18-7-12-32(16-24(25,26)27)13-8-19(18)14-20/h5-6,14-15H,2-4,7-13,16H2,1H3,(H2,28,29,30,31). The number of anilines is 3. The predicted octanol–water partition coefficient (Wildman–Crippen LogP) is 3.92. The van der Waals surface area contributed by atoms with Crippen molar-refractivity contribution in [3.8, 4) is 0 Å². The van der Waals surface area contributed by atoms with Crippen molar-refractivity contribution in [3.63, 3.8) is 0 Å². The number of hydrogen-bond donors (Lipinski definition) is 2. The zero-order valence-corrected chi connectivity index (χ0v) is 19.4. The summed E-state index contributed by atoms with van der Waals surface area (Å²) in [5.74, 6) is 1.43. The monoisotopic (exact) mass is 476 g/mol. The molecule has 2 aliphatic heterocycles. The van der Waals surface area contributed by atoms with Gasteiger partial charge in [-0.3, -0.25) is 9.69 Å². The Hall–Kier alpha value is -2.88. The third-order valence-corrected chi connectivity index (χ3v) is 6.30. The summed E-state index contributed by atoms with van der Waals surface area (Å²) >= 11 is 0. The number of fused-ring (bicyclic) bond motifs is 1. The molecule has 1 amide bonds. The highest BCUT2D eigenvalue weighted by Gasteiger charge is 2.31. The molecule has 0 saturated carbocycles. The van der Waals surface area contributed by atoms with E-state index in [1.54, 1.807) is 6.20 Å². The molecule has 184 valence electrons. The van der Waals surface area contributed by atoms with Crippen molar-refractivity contribution in [2.75, 3.05) is 49.9 Å². The van der Waals surface area contributed by atoms with E-state index in [1.807, 2.05) is 30.0 Å². The number of halogens is 3. The highest BCUT2D eigenvalue weighted by atomic mass is 19.4. The van der Waals surface area contributed by atoms with E-state index < -0.39 is 12.7 Å². The summed E-state index contributed by atoms with van der Waals surface area (Å²) in [4.78, 5) is 24.0. The fraction of sp³-hybridized carbons (Fsp3) is 0.542. The minimum absolute atomic E-state index is 0.235. The quantitative estimate of drug-likeness (QED) is 0.563. The zero-order valence-electron chi connectivity index (χ0n) is 19.4. The fourth-order valence-corrected chi connectivity index (χ4v) is 4.49. The van der Waals surface area contributed by atoms with Gasteiger partial charge in [-0.15, -0.1) is 0 Å². The van der Waals surface area contributed by atoms with Crippen LogP contribution in [0.2, 0.25) is 0 Å². The molecule has 1 fully saturated rings. The van der Waals surface area contributed by atoms with Crippen LogP contribution in [0.4, 0.5) is 30.6 Å². The maximum absolute atomic E-state index is 12.8. The van der Waals surface area contributed by atoms with E-state index in [4.69, 9.17) is 0 Å². The molecule has 2 aromatic rings. The lowest BCUT2D eigenvalue weighted by Gasteiger charge is -2.20. The summed E-state index contributed by atoms with van der Waals surface area (Å²) in [6.07, 6.45) is 1.19. The first-order valence-corrected chi connectivity index (χ1v) is 11.8. The largest absolute Gasteiger partial charge is 0.401 e. The lowest BCUT2D eigenvalue weighted by atomic mass is 10.0. The van der Waals surface area contributed by atoms with Crippen molar-refractivity contribution < 1.29 is 18.0 Å². The number of carbonyl (C=O) groups excluding carboxylic acids is 1. The van der Waals surface area contributed by atoms with E-state index in [0.29, 0.717) is 44.8 Å². The van der Waals surface area contributed by atoms with Gasteiger partial charge in [-0.1, -0.05) is 6.07 Å². The maximum Gasteiger partial charge on any atom is 0.401 e. The van der Waals surface area contributed by atoms with Gasteiger partial charge in [0.05, 0.1) is 6.54 Å². The Morgan fingerprint density at radius 1 is 1.09 bits per heavy atom. The van der Waals surface area contributed by atoms with Crippen molar-refractivity contribution in [3.05, 3.63) is 41.1 Å². The Morgan fingerprint density at radius 2 is 1.88 bits per heavy atom. The van der Waals surface area contributed by atoms with E-state index in [2.05, 4.69) is 20.6 Å². The summed E-state index contributed by atoms with van der Waals surface area (Å²) in [6.45, 7) is 4.15. The van der Waals surface area contributed by atoms with E-state index in [1.165, 1.54) is 4.90 Å². The summed E-state index contributed by atoms with van der Waals surface area (Å²) in [5.41, 5.74) is 3.87. The highest BCUT2D eigenvalue weighted by molar-refractivity contribution is 5.78. The summed E-state index contributed by atoms with van der Waals surface area (Å²) < 4.78 is 38.3. The van der Waals surface area contributed by atoms with Crippen LogP contribution < -0.4 is 10.6 Å². The molecule has 4 rings (SSSR count). The summed E-state index contributed by atoms with van der Waals surface area (Å²) in [5, 5.41) is 6.56. The molecule has 1 saturated heterocycles. The van der Waals surface area contributed by atoms with Crippen LogP contribution in [0.5, 0.6) is 0 Å². The van der Waals surface area contributed by atoms with Crippen LogP contribution in [0.15, 0.2) is 24.4 Å². The molecule has 1 aromatic carbocycles. The molecule has 7 nitrogen and oxygen atoms in total. The number of aromatic nitrogens is 2. The van der Waals surface area contributed by atoms with Crippen molar-refractivity contribution in [2.24, 2.45) is 0 Å². The molecule has 0 aliphatic carbocycles. The first-order chi connectivity index (χ1) is 16.3. The Bertz CT molecular complexity index is 1010. The molecular formula is C24H31F3N6O. The molecule has 2 N–H and O–H groups in total. The number of nitrogens with one attached hydrogen (secondary N) is 2. The van der Waals surface area contributed by atoms with Crippen molar-refractivity contribution >= 4 is 23.4 Å². The average molecular weight is 477 g/mol. The van der Waals surface area contributed by atoms with Crippen molar-refractivity contribution in [1.82, 2.24) is 19.8 Å². The zero-order chi connectivity index (χ0) is 24.1. The Balaban J connectivity index is 1.34. The van der Waals surface area contributed by atoms with Crippen LogP contribution in [0.1, 0.15) is 36.0 Å². The van der Waals surface area contributed by atoms with E-state index in [-0.39, 0.29) is 5.91 Å². The SMILES string of the molecule is Cc1cnc(Nc2ccc3c(c2)CCN(CC(F)(F)F)CC3)nc1NCCCN1CCCC1=O. The van der Waals surface area contributed by atoms with Gasteiger partial charge in [-0.2, -0.15) is 18.2 Å². The number of rotatable bonds is 8. The van der Waals surface area contributed by atoms with Gasteiger partial charge in [0.25, 0.3) is 0 Å². The normalized spacial score (nSPS) is 16.9. The van der Waals surface area contributed by atoms with E-state index in [0.717, 1.165) is 54.1 Å². The number of benzene rings is 1. The first-order valence-electron chi connectivity index (χ1n) is 11.8. The van der Waals surface area contributed by atoms with Crippen LogP contribution in [-0.2, 0) is 17.6 Å². The lowest BCUT2D eigenvalue weighted by molar-refractivity contribution is -0.145. The van der Waals surface area contributed by atoms with Crippen LogP contribution in [0, 0.1) is 6.92 Å². The Labute approximate surface area is 197 Å². The minimum Gasteiger partial charge on any atom is -0.370 e. The molecule has 3 heterocycles. The second-order valence-corrected chi connectivity index (χ2v) is 8.99. The van der Waals surface area contributed by atoms with E-state index in [9.17, 15) is 18.0 Å². The third kappa shape index (κ3) is 6.59. The van der Waals surface area contributed by atoms with Crippen LogP contribution >= 0.6 is 0 Å². The van der Waals surface area contributed by atoms with Gasteiger partial charge in [-0.25, -0.2) is 4.98 Å². The molecule has 1 aromatic heterocycles. The fourth-order valence-electron chi connectivity index (χ4n) is 4.49. The number of hydrogen-bond acceptors (Lipinski definition) is 6. The number of carbonyl (C=O) groups is 1. The summed E-state index contributed by atoms with van der Waals surface area (Å²) in [7, 11) is 0. The molecular weight excluding hydrogens is 445 g/mol. The first kappa shape index (κ1) is 24.3. The van der Waals surface area contributed by atoms with Gasteiger partial charge in [0.2, 0.25) is 11.9 Å². The molecule has 0 spiro atoms. The van der Waals surface area contributed by atoms with Gasteiger partial charge in [0.15, 0.2) is 0 Å². The lowest BCUT2D eigenvalue weighted by Crippen LogP contribution is -2.35. The van der Waals surface area contributed by atoms with Crippen LogP contribution in [0.3, 0.4) is 0 Å². The smallest absolute Gasteiger partial charge is 0.370 e. The molecule has 0 atom stereocenters. The molecule has 2 aliphatic rings. The average Bonchev–Trinajstić information content (AvgIpc) is 3.09. The van der Waals surface area contributed by atoms with Crippen molar-refractivity contribution in [2.45, 2.75) is 45.2 Å². The van der Waals surface area contributed by atoms with Crippen LogP contribution in [0.25, 0.3) is 0 Å². The molecule has 0 unspecified atom stereocenters. The maximum atomic E-state index is 12.8. The second kappa shape index (κ2) is 10.6. The summed E-state index contributed by atoms with van der Waals surface area (Å²) in [6, 6.07) is 5.87. The van der Waals surface area contributed by atoms with Gasteiger partial charge in [-0.05, 0) is 55.9 Å². The Kier molecular flexibility index (Phi) is 7.55. The highest BCUT2D eigenvalue weighted by Crippen LogP contribution is 2.25. The predicted molar refractivity (Wildman–Crippen MR) is 125 cm³/mol. The number of aryl methyl sites for hydroxylation is 1. The van der Waals surface area contributed by atoms with Gasteiger partial charge in [0, 0.05) is 56.6 Å². The Morgan fingerprint density at radius 3 is 2.62 bits per heavy atom. The number of likely N-dealkylation sites (tertiary alicyclic amines) is 1. The third-order valence-electron chi connectivity index (χ3n) is 6.30. The second-order valence-electron chi connectivity index (χ2n) is 8.99. The number of alkyl halides is 3.